The number of allylic oxidation sites excluding steroid dienone is 1. The fraction of sp³-hybridized carbons (Fsp3) is 0.500. The van der Waals surface area contributed by atoms with E-state index in [0.29, 0.717) is 12.5 Å². The summed E-state index contributed by atoms with van der Waals surface area (Å²) < 4.78 is 24.2. The Morgan fingerprint density at radius 3 is 2.65 bits per heavy atom. The summed E-state index contributed by atoms with van der Waals surface area (Å²) in [6.07, 6.45) is 2.46. The summed E-state index contributed by atoms with van der Waals surface area (Å²) in [5, 5.41) is 0. The summed E-state index contributed by atoms with van der Waals surface area (Å²) in [7, 11) is 1.42. The molecule has 1 unspecified atom stereocenters. The van der Waals surface area contributed by atoms with Crippen molar-refractivity contribution in [2.45, 2.75) is 39.7 Å². The molecule has 5 heteroatoms. The van der Waals surface area contributed by atoms with Crippen molar-refractivity contribution in [3.05, 3.63) is 35.7 Å². The highest BCUT2D eigenvalue weighted by molar-refractivity contribution is 5.83. The Bertz CT molecular complexity index is 619. The van der Waals surface area contributed by atoms with Gasteiger partial charge in [0.05, 0.1) is 12.8 Å². The van der Waals surface area contributed by atoms with Crippen molar-refractivity contribution in [2.75, 3.05) is 13.7 Å². The van der Waals surface area contributed by atoms with E-state index in [0.717, 1.165) is 17.7 Å². The van der Waals surface area contributed by atoms with Gasteiger partial charge in [-0.15, -0.1) is 0 Å². The normalized spacial score (nSPS) is 18.4. The van der Waals surface area contributed by atoms with Crippen LogP contribution in [0, 0.1) is 11.7 Å². The van der Waals surface area contributed by atoms with Crippen molar-refractivity contribution in [1.82, 2.24) is 4.90 Å². The molecular formula is C18H24FNO3. The van der Waals surface area contributed by atoms with Gasteiger partial charge in [0.2, 0.25) is 0 Å². The lowest BCUT2D eigenvalue weighted by Gasteiger charge is -2.34. The van der Waals surface area contributed by atoms with Crippen molar-refractivity contribution in [1.29, 1.82) is 0 Å². The number of methoxy groups -OCH3 is 1. The summed E-state index contributed by atoms with van der Waals surface area (Å²) in [4.78, 5) is 14.1. The Morgan fingerprint density at radius 1 is 1.35 bits per heavy atom. The molecule has 2 rings (SSSR count). The van der Waals surface area contributed by atoms with Crippen molar-refractivity contribution < 1.29 is 18.7 Å². The van der Waals surface area contributed by atoms with Gasteiger partial charge in [0.15, 0.2) is 11.6 Å². The van der Waals surface area contributed by atoms with Crippen LogP contribution >= 0.6 is 0 Å². The van der Waals surface area contributed by atoms with Crippen molar-refractivity contribution in [2.24, 2.45) is 5.92 Å². The van der Waals surface area contributed by atoms with E-state index in [1.807, 2.05) is 26.8 Å². The van der Waals surface area contributed by atoms with E-state index in [4.69, 9.17) is 9.47 Å². The third-order valence-corrected chi connectivity index (χ3v) is 3.56. The van der Waals surface area contributed by atoms with Crippen molar-refractivity contribution in [3.8, 4) is 5.75 Å². The number of ether oxygens (including phenoxy) is 2. The van der Waals surface area contributed by atoms with Gasteiger partial charge in [0, 0.05) is 12.1 Å². The monoisotopic (exact) mass is 321 g/mol. The van der Waals surface area contributed by atoms with E-state index >= 15 is 0 Å². The number of rotatable bonds is 2. The standard InChI is InChI=1S/C18H24FNO3/c1-12-6-9-15(13-7-8-14(19)16(10-13)22-5)20(11-12)17(21)23-18(2,3)4/h7-10,12H,6,11H2,1-5H3. The molecule has 0 radical (unpaired) electrons. The Balaban J connectivity index is 2.35. The predicted molar refractivity (Wildman–Crippen MR) is 87.7 cm³/mol. The van der Waals surface area contributed by atoms with Crippen molar-refractivity contribution in [3.63, 3.8) is 0 Å². The second-order valence-corrected chi connectivity index (χ2v) is 6.87. The van der Waals surface area contributed by atoms with Crippen LogP contribution in [-0.4, -0.2) is 30.2 Å². The van der Waals surface area contributed by atoms with E-state index in [9.17, 15) is 9.18 Å². The maximum atomic E-state index is 13.6. The van der Waals surface area contributed by atoms with Crippen LogP contribution in [0.4, 0.5) is 9.18 Å². The summed E-state index contributed by atoms with van der Waals surface area (Å²) in [5.74, 6) is 0.0737. The number of amides is 1. The highest BCUT2D eigenvalue weighted by Crippen LogP contribution is 2.31. The van der Waals surface area contributed by atoms with Gasteiger partial charge in [-0.25, -0.2) is 9.18 Å². The van der Waals surface area contributed by atoms with Crippen LogP contribution < -0.4 is 4.74 Å². The maximum Gasteiger partial charge on any atom is 0.414 e. The van der Waals surface area contributed by atoms with Gasteiger partial charge in [-0.1, -0.05) is 13.0 Å². The Labute approximate surface area is 136 Å². The molecule has 1 amide bonds. The largest absolute Gasteiger partial charge is 0.494 e. The lowest BCUT2D eigenvalue weighted by atomic mass is 9.98. The first-order valence-electron chi connectivity index (χ1n) is 7.76. The van der Waals surface area contributed by atoms with Crippen LogP contribution in [0.15, 0.2) is 24.3 Å². The molecule has 23 heavy (non-hydrogen) atoms. The Kier molecular flexibility index (Phi) is 4.97. The number of halogens is 1. The minimum atomic E-state index is -0.566. The molecule has 1 aliphatic rings. The van der Waals surface area contributed by atoms with E-state index in [-0.39, 0.29) is 5.75 Å². The lowest BCUT2D eigenvalue weighted by Crippen LogP contribution is -2.39. The van der Waals surface area contributed by atoms with E-state index in [2.05, 4.69) is 6.92 Å². The summed E-state index contributed by atoms with van der Waals surface area (Å²) in [6, 6.07) is 4.60. The number of benzene rings is 1. The molecule has 4 nitrogen and oxygen atoms in total. The summed E-state index contributed by atoms with van der Waals surface area (Å²) >= 11 is 0. The second-order valence-electron chi connectivity index (χ2n) is 6.87. The number of hydrogen-bond donors (Lipinski definition) is 0. The average Bonchev–Trinajstić information content (AvgIpc) is 2.46. The van der Waals surface area contributed by atoms with Gasteiger partial charge in [-0.2, -0.15) is 0 Å². The van der Waals surface area contributed by atoms with E-state index in [1.54, 1.807) is 17.0 Å². The van der Waals surface area contributed by atoms with Crippen LogP contribution in [-0.2, 0) is 4.74 Å². The molecule has 0 spiro atoms. The third kappa shape index (κ3) is 4.24. The first-order chi connectivity index (χ1) is 10.7. The van der Waals surface area contributed by atoms with Crippen LogP contribution in [0.1, 0.15) is 39.7 Å². The van der Waals surface area contributed by atoms with Crippen LogP contribution in [0.25, 0.3) is 5.70 Å². The van der Waals surface area contributed by atoms with Crippen LogP contribution in [0.5, 0.6) is 5.75 Å². The Morgan fingerprint density at radius 2 is 2.04 bits per heavy atom. The number of carbonyl (C=O) groups is 1. The highest BCUT2D eigenvalue weighted by atomic mass is 19.1. The SMILES string of the molecule is COc1cc(C2=CCC(C)CN2C(=O)OC(C)(C)C)ccc1F. The molecule has 0 saturated heterocycles. The lowest BCUT2D eigenvalue weighted by molar-refractivity contribution is 0.0327. The molecule has 1 atom stereocenters. The fourth-order valence-electron chi connectivity index (χ4n) is 2.49. The zero-order valence-electron chi connectivity index (χ0n) is 14.4. The van der Waals surface area contributed by atoms with Crippen molar-refractivity contribution >= 4 is 11.8 Å². The van der Waals surface area contributed by atoms with Gasteiger partial charge >= 0.3 is 6.09 Å². The van der Waals surface area contributed by atoms with Crippen LogP contribution in [0.3, 0.4) is 0 Å². The molecule has 1 aliphatic heterocycles. The molecule has 1 heterocycles. The van der Waals surface area contributed by atoms with E-state index < -0.39 is 17.5 Å². The molecule has 1 aromatic rings. The zero-order valence-corrected chi connectivity index (χ0v) is 14.4. The minimum absolute atomic E-state index is 0.158. The number of nitrogens with zero attached hydrogens (tertiary/aromatic N) is 1. The van der Waals surface area contributed by atoms with Gasteiger partial charge in [-0.3, -0.25) is 4.90 Å². The first-order valence-corrected chi connectivity index (χ1v) is 7.76. The maximum absolute atomic E-state index is 13.6. The van der Waals surface area contributed by atoms with Gasteiger partial charge in [0.25, 0.3) is 0 Å². The van der Waals surface area contributed by atoms with E-state index in [1.165, 1.54) is 13.2 Å². The van der Waals surface area contributed by atoms with Gasteiger partial charge in [0.1, 0.15) is 5.60 Å². The molecule has 0 N–H and O–H groups in total. The Hall–Kier alpha value is -2.04. The molecular weight excluding hydrogens is 297 g/mol. The molecule has 0 aliphatic carbocycles. The molecule has 1 aromatic carbocycles. The first kappa shape index (κ1) is 17.3. The van der Waals surface area contributed by atoms with Crippen LogP contribution in [0.2, 0.25) is 0 Å². The molecule has 0 aromatic heterocycles. The molecule has 0 saturated carbocycles. The topological polar surface area (TPSA) is 38.8 Å². The smallest absolute Gasteiger partial charge is 0.414 e. The van der Waals surface area contributed by atoms with Gasteiger partial charge in [-0.05, 0) is 51.3 Å². The molecule has 0 bridgehead atoms. The third-order valence-electron chi connectivity index (χ3n) is 3.56. The predicted octanol–water partition coefficient (Wildman–Crippen LogP) is 4.45. The summed E-state index contributed by atoms with van der Waals surface area (Å²) in [5.41, 5.74) is 0.903. The number of carbonyl (C=O) groups excluding carboxylic acids is 1. The van der Waals surface area contributed by atoms with Gasteiger partial charge < -0.3 is 9.47 Å². The number of hydrogen-bond acceptors (Lipinski definition) is 3. The second kappa shape index (κ2) is 6.60. The average molecular weight is 321 g/mol. The zero-order chi connectivity index (χ0) is 17.2. The highest BCUT2D eigenvalue weighted by Gasteiger charge is 2.29. The quantitative estimate of drug-likeness (QED) is 0.807. The fourth-order valence-corrected chi connectivity index (χ4v) is 2.49. The molecule has 0 fully saturated rings. The minimum Gasteiger partial charge on any atom is -0.494 e. The molecule has 126 valence electrons. The summed E-state index contributed by atoms with van der Waals surface area (Å²) in [6.45, 7) is 8.16.